The number of aryl methyl sites for hydroxylation is 1. The van der Waals surface area contributed by atoms with Crippen molar-refractivity contribution in [3.05, 3.63) is 59.2 Å². The van der Waals surface area contributed by atoms with Gasteiger partial charge in [-0.15, -0.1) is 0 Å². The summed E-state index contributed by atoms with van der Waals surface area (Å²) in [5, 5.41) is 2.84. The van der Waals surface area contributed by atoms with Gasteiger partial charge in [0.15, 0.2) is 0 Å². The summed E-state index contributed by atoms with van der Waals surface area (Å²) in [7, 11) is 0. The van der Waals surface area contributed by atoms with Crippen LogP contribution in [0.4, 0.5) is 16.2 Å². The summed E-state index contributed by atoms with van der Waals surface area (Å²) in [6, 6.07) is 12.2. The van der Waals surface area contributed by atoms with Crippen molar-refractivity contribution in [3.8, 4) is 0 Å². The molecule has 2 aromatic rings. The highest BCUT2D eigenvalue weighted by atomic mass is 16.6. The minimum Gasteiger partial charge on any atom is -0.443 e. The van der Waals surface area contributed by atoms with Crippen molar-refractivity contribution in [1.29, 1.82) is 0 Å². The molecule has 2 amide bonds. The number of hydrogen-bond acceptors (Lipinski definition) is 5. The van der Waals surface area contributed by atoms with Gasteiger partial charge in [-0.2, -0.15) is 0 Å². The molecule has 1 fully saturated rings. The van der Waals surface area contributed by atoms with Crippen LogP contribution in [0.3, 0.4) is 0 Å². The number of carbonyl (C=O) groups excluding carboxylic acids is 3. The monoisotopic (exact) mass is 420 g/mol. The van der Waals surface area contributed by atoms with E-state index in [1.165, 1.54) is 4.90 Å². The van der Waals surface area contributed by atoms with Gasteiger partial charge in [-0.1, -0.05) is 29.8 Å². The smallest absolute Gasteiger partial charge is 0.415 e. The molecule has 7 heteroatoms. The van der Waals surface area contributed by atoms with E-state index in [2.05, 4.69) is 5.32 Å². The molecule has 2 aromatic carbocycles. The quantitative estimate of drug-likeness (QED) is 0.652. The van der Waals surface area contributed by atoms with E-state index in [1.54, 1.807) is 26.8 Å². The Morgan fingerprint density at radius 1 is 1.19 bits per heavy atom. The van der Waals surface area contributed by atoms with Crippen molar-refractivity contribution in [1.82, 2.24) is 0 Å². The first-order valence-corrected chi connectivity index (χ1v) is 10.4. The molecule has 1 saturated heterocycles. The number of anilines is 2. The molecule has 0 radical (unpaired) electrons. The minimum absolute atomic E-state index is 0.152. The van der Waals surface area contributed by atoms with Crippen molar-refractivity contribution in [2.45, 2.75) is 57.3 Å². The average Bonchev–Trinajstić information content (AvgIpc) is 3.14. The molecule has 5 rings (SSSR count). The van der Waals surface area contributed by atoms with Crippen LogP contribution in [0, 0.1) is 6.92 Å². The maximum absolute atomic E-state index is 13.3. The van der Waals surface area contributed by atoms with Crippen LogP contribution in [-0.4, -0.2) is 29.6 Å². The number of hydrogen-bond donors (Lipinski definition) is 1. The summed E-state index contributed by atoms with van der Waals surface area (Å²) >= 11 is 0. The molecule has 7 nitrogen and oxygen atoms in total. The number of carbonyl (C=O) groups is 3. The molecule has 2 unspecified atom stereocenters. The van der Waals surface area contributed by atoms with Crippen LogP contribution in [0.25, 0.3) is 0 Å². The fourth-order valence-corrected chi connectivity index (χ4v) is 4.87. The molecule has 3 atom stereocenters. The van der Waals surface area contributed by atoms with E-state index in [-0.39, 0.29) is 12.3 Å². The Morgan fingerprint density at radius 2 is 1.94 bits per heavy atom. The summed E-state index contributed by atoms with van der Waals surface area (Å²) in [5.74, 6) is -1.57. The van der Waals surface area contributed by atoms with Crippen LogP contribution in [0.15, 0.2) is 42.5 Å². The molecular formula is C24H24N2O5. The number of esters is 1. The number of amides is 2. The second kappa shape index (κ2) is 6.33. The third-order valence-corrected chi connectivity index (χ3v) is 6.09. The lowest BCUT2D eigenvalue weighted by Crippen LogP contribution is -2.55. The summed E-state index contributed by atoms with van der Waals surface area (Å²) in [5.41, 5.74) is 1.36. The second-order valence-electron chi connectivity index (χ2n) is 9.41. The van der Waals surface area contributed by atoms with Crippen molar-refractivity contribution in [3.63, 3.8) is 0 Å². The van der Waals surface area contributed by atoms with Gasteiger partial charge in [0, 0.05) is 17.7 Å². The van der Waals surface area contributed by atoms with Gasteiger partial charge in [0.25, 0.3) is 5.91 Å². The van der Waals surface area contributed by atoms with Crippen molar-refractivity contribution in [2.75, 3.05) is 10.2 Å². The molecule has 160 valence electrons. The van der Waals surface area contributed by atoms with E-state index in [0.29, 0.717) is 22.5 Å². The molecule has 1 N–H and O–H groups in total. The number of benzene rings is 2. The summed E-state index contributed by atoms with van der Waals surface area (Å²) < 4.78 is 11.6. The number of fused-ring (bicyclic) bond motifs is 5. The molecule has 0 bridgehead atoms. The Bertz CT molecular complexity index is 1140. The molecule has 3 aliphatic heterocycles. The zero-order valence-electron chi connectivity index (χ0n) is 17.9. The Hall–Kier alpha value is -3.35. The summed E-state index contributed by atoms with van der Waals surface area (Å²) in [6.45, 7) is 7.31. The third-order valence-electron chi connectivity index (χ3n) is 6.09. The van der Waals surface area contributed by atoms with Gasteiger partial charge >= 0.3 is 12.1 Å². The zero-order valence-corrected chi connectivity index (χ0v) is 17.9. The van der Waals surface area contributed by atoms with Crippen LogP contribution in [0.1, 0.15) is 49.8 Å². The lowest BCUT2D eigenvalue weighted by Gasteiger charge is -2.40. The van der Waals surface area contributed by atoms with E-state index in [0.717, 1.165) is 5.56 Å². The SMILES string of the molecule is Cc1ccc2c(c1)[C@]1(CC3C(C(=O)O1)c1ccccc1N3C(=O)OC(C)(C)C)C(=O)N2. The number of ether oxygens (including phenoxy) is 2. The van der Waals surface area contributed by atoms with Crippen LogP contribution in [-0.2, 0) is 24.7 Å². The van der Waals surface area contributed by atoms with E-state index < -0.39 is 35.2 Å². The standard InChI is InChI=1S/C24H24N2O5/c1-13-9-10-16-15(11-13)24(21(28)25-16)12-18-19(20(27)30-24)14-7-5-6-8-17(14)26(18)22(29)31-23(2,3)4/h5-11,18-19H,12H2,1-4H3,(H,25,28)/t18?,19?,24-/m1/s1. The topological polar surface area (TPSA) is 84.9 Å². The van der Waals surface area contributed by atoms with Gasteiger partial charge in [-0.05, 0) is 51.5 Å². The van der Waals surface area contributed by atoms with E-state index in [9.17, 15) is 14.4 Å². The fraction of sp³-hybridized carbons (Fsp3) is 0.375. The summed E-state index contributed by atoms with van der Waals surface area (Å²) in [6.07, 6.45) is -0.389. The molecular weight excluding hydrogens is 396 g/mol. The molecule has 3 heterocycles. The largest absolute Gasteiger partial charge is 0.443 e. The van der Waals surface area contributed by atoms with Crippen LogP contribution in [0.2, 0.25) is 0 Å². The fourth-order valence-electron chi connectivity index (χ4n) is 4.87. The molecule has 1 spiro atoms. The van der Waals surface area contributed by atoms with Gasteiger partial charge in [-0.25, -0.2) is 4.79 Å². The first-order valence-electron chi connectivity index (χ1n) is 10.4. The number of para-hydroxylation sites is 1. The minimum atomic E-state index is -1.47. The third kappa shape index (κ3) is 2.83. The highest BCUT2D eigenvalue weighted by Crippen LogP contribution is 2.54. The van der Waals surface area contributed by atoms with Crippen molar-refractivity contribution >= 4 is 29.3 Å². The van der Waals surface area contributed by atoms with Gasteiger partial charge in [0.1, 0.15) is 11.5 Å². The predicted octanol–water partition coefficient (Wildman–Crippen LogP) is 4.00. The van der Waals surface area contributed by atoms with Crippen LogP contribution in [0.5, 0.6) is 0 Å². The average molecular weight is 420 g/mol. The van der Waals surface area contributed by atoms with Gasteiger partial charge < -0.3 is 14.8 Å². The van der Waals surface area contributed by atoms with Gasteiger partial charge in [-0.3, -0.25) is 14.5 Å². The number of nitrogens with zero attached hydrogens (tertiary/aromatic N) is 1. The zero-order chi connectivity index (χ0) is 22.1. The Labute approximate surface area is 180 Å². The molecule has 0 aromatic heterocycles. The van der Waals surface area contributed by atoms with E-state index >= 15 is 0 Å². The summed E-state index contributed by atoms with van der Waals surface area (Å²) in [4.78, 5) is 41.2. The number of rotatable bonds is 0. The second-order valence-corrected chi connectivity index (χ2v) is 9.41. The Balaban J connectivity index is 1.63. The predicted molar refractivity (Wildman–Crippen MR) is 114 cm³/mol. The maximum atomic E-state index is 13.3. The lowest BCUT2D eigenvalue weighted by atomic mass is 9.79. The lowest BCUT2D eigenvalue weighted by molar-refractivity contribution is -0.176. The highest BCUT2D eigenvalue weighted by Gasteiger charge is 2.62. The van der Waals surface area contributed by atoms with Gasteiger partial charge in [0.05, 0.1) is 11.7 Å². The molecule has 0 aliphatic carbocycles. The normalized spacial score (nSPS) is 26.1. The maximum Gasteiger partial charge on any atom is 0.415 e. The molecule has 0 saturated carbocycles. The molecule has 3 aliphatic rings. The highest BCUT2D eigenvalue weighted by molar-refractivity contribution is 6.08. The van der Waals surface area contributed by atoms with Crippen molar-refractivity contribution < 1.29 is 23.9 Å². The van der Waals surface area contributed by atoms with Crippen molar-refractivity contribution in [2.24, 2.45) is 0 Å². The van der Waals surface area contributed by atoms with E-state index in [4.69, 9.17) is 9.47 Å². The first-order chi connectivity index (χ1) is 14.6. The Morgan fingerprint density at radius 3 is 2.68 bits per heavy atom. The Kier molecular flexibility index (Phi) is 4.00. The van der Waals surface area contributed by atoms with Crippen LogP contribution < -0.4 is 10.2 Å². The van der Waals surface area contributed by atoms with E-state index in [1.807, 2.05) is 43.3 Å². The molecule has 31 heavy (non-hydrogen) atoms. The first kappa shape index (κ1) is 19.6. The van der Waals surface area contributed by atoms with Crippen LogP contribution >= 0.6 is 0 Å². The number of nitrogens with one attached hydrogen (secondary N) is 1. The van der Waals surface area contributed by atoms with Gasteiger partial charge in [0.2, 0.25) is 5.60 Å².